The Morgan fingerprint density at radius 2 is 1.14 bits per heavy atom. The fraction of sp³-hybridized carbons (Fsp3) is 0.385. The zero-order valence-electron chi connectivity index (χ0n) is 33.6. The Bertz CT molecular complexity index is 2530. The summed E-state index contributed by atoms with van der Waals surface area (Å²) in [6, 6.07) is 11.0. The summed E-state index contributed by atoms with van der Waals surface area (Å²) in [6.07, 6.45) is -6.00. The average molecular weight is 890 g/mol. The Labute approximate surface area is 353 Å². The molecule has 4 aliphatic heterocycles. The molecule has 24 heteroatoms. The minimum Gasteiger partial charge on any atom is -0.477 e. The van der Waals surface area contributed by atoms with Gasteiger partial charge in [0.1, 0.15) is 17.1 Å². The highest BCUT2D eigenvalue weighted by Gasteiger charge is 2.42. The zero-order chi connectivity index (χ0) is 46.0. The van der Waals surface area contributed by atoms with Crippen LogP contribution in [-0.4, -0.2) is 105 Å². The number of fused-ring (bicyclic) bond motifs is 8. The van der Waals surface area contributed by atoms with Gasteiger partial charge >= 0.3 is 30.4 Å². The number of aromatic nitrogens is 4. The van der Waals surface area contributed by atoms with E-state index >= 15 is 0 Å². The molecule has 336 valence electrons. The van der Waals surface area contributed by atoms with Gasteiger partial charge in [0.05, 0.1) is 36.4 Å². The van der Waals surface area contributed by atoms with E-state index in [9.17, 15) is 60.2 Å². The minimum atomic E-state index is -4.44. The Hall–Kier alpha value is -6.98. The van der Waals surface area contributed by atoms with Crippen molar-refractivity contribution in [2.75, 3.05) is 63.0 Å². The standard InChI is InChI=1S/C20H20F3N5O3.C17H17N5O4.C2H4F3N/c1-26-9-2-3-14(18(26)30)25-19(31)28-12-7-10-27(11-12)15-5-4-13(24-17(15)28)16(29)6-8-20(21,22)23;1-20-7-2-3-11(15(20)23)19-17(26)22-10-6-8-21(9-10)13-5-4-12(16(24)25)18-14(13)22;3-2(4,5)1-6/h2-5,9,12H,6-8,10-11H2,1H3,(H,25,31);2-5,7,10H,6,8-9H2,1H3,(H,19,26)(H,24,25);1,6H2/t12-;10-;/m00./s1. The summed E-state index contributed by atoms with van der Waals surface area (Å²) < 4.78 is 72.1. The number of nitrogens with one attached hydrogen (secondary N) is 2. The molecule has 2 atom stereocenters. The summed E-state index contributed by atoms with van der Waals surface area (Å²) in [5.74, 6) is -1.39. The van der Waals surface area contributed by atoms with Gasteiger partial charge in [0, 0.05) is 59.1 Å². The number of nitrogens with zero attached hydrogens (tertiary/aromatic N) is 8. The van der Waals surface area contributed by atoms with Crippen molar-refractivity contribution in [2.24, 2.45) is 19.8 Å². The molecule has 2 saturated heterocycles. The van der Waals surface area contributed by atoms with Crippen molar-refractivity contribution < 1.29 is 50.6 Å². The van der Waals surface area contributed by atoms with Gasteiger partial charge in [0.25, 0.3) is 11.1 Å². The zero-order valence-corrected chi connectivity index (χ0v) is 33.6. The van der Waals surface area contributed by atoms with E-state index in [0.29, 0.717) is 37.6 Å². The predicted octanol–water partition coefficient (Wildman–Crippen LogP) is 4.55. The number of alkyl halides is 6. The third-order valence-corrected chi connectivity index (χ3v) is 10.4. The highest BCUT2D eigenvalue weighted by Crippen LogP contribution is 2.40. The molecule has 0 radical (unpaired) electrons. The van der Waals surface area contributed by atoms with E-state index in [1.54, 1.807) is 50.8 Å². The number of carbonyl (C=O) groups is 4. The van der Waals surface area contributed by atoms with Crippen LogP contribution in [0.2, 0.25) is 0 Å². The molecule has 4 aromatic heterocycles. The average Bonchev–Trinajstić information content (AvgIpc) is 3.85. The number of Topliss-reactive ketones (excluding diaryl/α,β-unsaturated/α-hetero) is 1. The lowest BCUT2D eigenvalue weighted by molar-refractivity contribution is -0.133. The maximum absolute atomic E-state index is 13.1. The van der Waals surface area contributed by atoms with Crippen molar-refractivity contribution in [1.29, 1.82) is 0 Å². The van der Waals surface area contributed by atoms with Crippen LogP contribution in [0.4, 0.5) is 70.3 Å². The van der Waals surface area contributed by atoms with Gasteiger partial charge in [0.15, 0.2) is 23.1 Å². The summed E-state index contributed by atoms with van der Waals surface area (Å²) in [6.45, 7) is 1.44. The first-order chi connectivity index (χ1) is 29.6. The highest BCUT2D eigenvalue weighted by molar-refractivity contribution is 6.06. The minimum absolute atomic E-state index is 0.0920. The van der Waals surface area contributed by atoms with Crippen LogP contribution in [0.25, 0.3) is 0 Å². The third kappa shape index (κ3) is 10.4. The van der Waals surface area contributed by atoms with Gasteiger partial charge in [-0.3, -0.25) is 24.2 Å². The molecule has 0 saturated carbocycles. The molecule has 4 bridgehead atoms. The van der Waals surface area contributed by atoms with Crippen LogP contribution in [0.1, 0.15) is 46.7 Å². The number of pyridine rings is 4. The number of halogens is 6. The van der Waals surface area contributed by atoms with Gasteiger partial charge in [-0.25, -0.2) is 24.4 Å². The maximum atomic E-state index is 13.1. The fourth-order valence-electron chi connectivity index (χ4n) is 7.34. The molecule has 8 rings (SSSR count). The fourth-order valence-corrected chi connectivity index (χ4v) is 7.34. The molecular formula is C39H41F6N11O7. The van der Waals surface area contributed by atoms with Crippen molar-refractivity contribution in [1.82, 2.24) is 19.1 Å². The first-order valence-electron chi connectivity index (χ1n) is 19.3. The number of ketones is 1. The quantitative estimate of drug-likeness (QED) is 0.155. The van der Waals surface area contributed by atoms with Crippen LogP contribution in [0.5, 0.6) is 0 Å². The predicted molar refractivity (Wildman–Crippen MR) is 218 cm³/mol. The molecule has 0 spiro atoms. The van der Waals surface area contributed by atoms with E-state index < -0.39 is 55.6 Å². The highest BCUT2D eigenvalue weighted by atomic mass is 19.4. The smallest absolute Gasteiger partial charge is 0.400 e. The lowest BCUT2D eigenvalue weighted by Crippen LogP contribution is -2.49. The normalized spacial score (nSPS) is 17.1. The second kappa shape index (κ2) is 18.2. The number of amides is 4. The monoisotopic (exact) mass is 889 g/mol. The number of hydrogen-bond acceptors (Lipinski definition) is 11. The summed E-state index contributed by atoms with van der Waals surface area (Å²) in [4.78, 5) is 89.4. The van der Waals surface area contributed by atoms with Crippen LogP contribution < -0.4 is 47.1 Å². The second-order valence-electron chi connectivity index (χ2n) is 14.8. The largest absolute Gasteiger partial charge is 0.477 e. The van der Waals surface area contributed by atoms with Gasteiger partial charge in [-0.05, 0) is 61.4 Å². The number of carboxylic acids is 1. The number of carboxylic acid groups (broad SMARTS) is 1. The Kier molecular flexibility index (Phi) is 13.1. The molecule has 5 N–H and O–H groups in total. The van der Waals surface area contributed by atoms with E-state index in [4.69, 9.17) is 0 Å². The SMILES string of the molecule is Cn1cccc(NC(=O)N2c3nc(C(=O)CCC(F)(F)F)ccc3N3CC[C@H]2C3)c1=O.Cn1cccc(NC(=O)N2c3nc(C(=O)O)ccc3N3CC[C@H]2C3)c1=O.NCC(F)(F)F. The van der Waals surface area contributed by atoms with Gasteiger partial charge in [-0.15, -0.1) is 0 Å². The van der Waals surface area contributed by atoms with Crippen molar-refractivity contribution in [3.8, 4) is 0 Å². The van der Waals surface area contributed by atoms with E-state index in [1.807, 2.05) is 4.90 Å². The van der Waals surface area contributed by atoms with E-state index in [2.05, 4.69) is 31.2 Å². The summed E-state index contributed by atoms with van der Waals surface area (Å²) in [5.41, 5.74) is 4.82. The van der Waals surface area contributed by atoms with Crippen LogP contribution >= 0.6 is 0 Å². The van der Waals surface area contributed by atoms with Gasteiger partial charge in [-0.2, -0.15) is 26.3 Å². The van der Waals surface area contributed by atoms with Crippen molar-refractivity contribution in [2.45, 2.75) is 50.1 Å². The molecular weight excluding hydrogens is 848 g/mol. The molecule has 4 aliphatic rings. The van der Waals surface area contributed by atoms with Crippen molar-refractivity contribution in [3.05, 3.63) is 93.0 Å². The van der Waals surface area contributed by atoms with E-state index in [-0.39, 0.29) is 51.8 Å². The second-order valence-corrected chi connectivity index (χ2v) is 14.8. The third-order valence-electron chi connectivity index (χ3n) is 10.4. The maximum Gasteiger partial charge on any atom is 0.400 e. The Morgan fingerprint density at radius 1 is 0.714 bits per heavy atom. The number of urea groups is 2. The molecule has 0 aromatic carbocycles. The van der Waals surface area contributed by atoms with Crippen LogP contribution in [-0.2, 0) is 14.1 Å². The molecule has 0 aliphatic carbocycles. The van der Waals surface area contributed by atoms with Crippen LogP contribution in [0.15, 0.2) is 70.5 Å². The number of nitrogens with two attached hydrogens (primary N) is 1. The van der Waals surface area contributed by atoms with Gasteiger partial charge < -0.3 is 40.4 Å². The van der Waals surface area contributed by atoms with Crippen molar-refractivity contribution in [3.63, 3.8) is 0 Å². The first kappa shape index (κ1) is 45.5. The number of hydrogen-bond donors (Lipinski definition) is 4. The van der Waals surface area contributed by atoms with Gasteiger partial charge in [0.2, 0.25) is 0 Å². The number of anilines is 6. The lowest BCUT2D eigenvalue weighted by Gasteiger charge is -2.35. The number of aryl methyl sites for hydroxylation is 2. The molecule has 63 heavy (non-hydrogen) atoms. The number of carbonyl (C=O) groups excluding carboxylic acids is 3. The first-order valence-corrected chi connectivity index (χ1v) is 19.3. The molecule has 8 heterocycles. The summed E-state index contributed by atoms with van der Waals surface area (Å²) in [7, 11) is 3.16. The molecule has 2 fully saturated rings. The van der Waals surface area contributed by atoms with Crippen LogP contribution in [0.3, 0.4) is 0 Å². The Morgan fingerprint density at radius 3 is 1.56 bits per heavy atom. The molecule has 0 unspecified atom stereocenters. The topological polar surface area (TPSA) is 221 Å². The summed E-state index contributed by atoms with van der Waals surface area (Å²) in [5, 5.41) is 14.5. The van der Waals surface area contributed by atoms with E-state index in [1.165, 1.54) is 43.2 Å². The Balaban J connectivity index is 0.000000188. The van der Waals surface area contributed by atoms with E-state index in [0.717, 1.165) is 18.7 Å². The van der Waals surface area contributed by atoms with Crippen molar-refractivity contribution >= 4 is 58.2 Å². The lowest BCUT2D eigenvalue weighted by atomic mass is 10.1. The van der Waals surface area contributed by atoms with Gasteiger partial charge in [-0.1, -0.05) is 0 Å². The number of rotatable bonds is 6. The summed E-state index contributed by atoms with van der Waals surface area (Å²) >= 11 is 0. The molecule has 4 aromatic rings. The number of aromatic carboxylic acids is 1. The van der Waals surface area contributed by atoms with Crippen LogP contribution in [0, 0.1) is 0 Å². The molecule has 18 nitrogen and oxygen atoms in total. The molecule has 4 amide bonds.